The molecular weight excluding hydrogens is 582 g/mol. The van der Waals surface area contributed by atoms with Gasteiger partial charge in [0, 0.05) is 49.4 Å². The molecule has 0 bridgehead atoms. The van der Waals surface area contributed by atoms with E-state index in [0.29, 0.717) is 31.4 Å². The minimum Gasteiger partial charge on any atom is -0.739 e. The van der Waals surface area contributed by atoms with Crippen LogP contribution in [-0.2, 0) is 18.3 Å². The van der Waals surface area contributed by atoms with Gasteiger partial charge in [-0.25, -0.2) is 16.8 Å². The fourth-order valence-corrected chi connectivity index (χ4v) is 4.88. The molecular formula is C16H20BaN2O6S4. The Morgan fingerprint density at radius 1 is 0.621 bits per heavy atom. The van der Waals surface area contributed by atoms with Crippen LogP contribution < -0.4 is 9.80 Å². The van der Waals surface area contributed by atoms with Crippen molar-refractivity contribution in [2.45, 2.75) is 9.79 Å². The normalized spacial score (nSPS) is 11.0. The molecule has 156 valence electrons. The summed E-state index contributed by atoms with van der Waals surface area (Å²) >= 11 is 0. The van der Waals surface area contributed by atoms with Gasteiger partial charge in [0.15, 0.2) is 18.3 Å². The molecule has 0 atom stereocenters. The first-order chi connectivity index (χ1) is 12.8. The van der Waals surface area contributed by atoms with Gasteiger partial charge in [-0.2, -0.15) is 0 Å². The molecule has 0 unspecified atom stereocenters. The van der Waals surface area contributed by atoms with Gasteiger partial charge < -0.3 is 18.9 Å². The van der Waals surface area contributed by atoms with Gasteiger partial charge in [0.25, 0.3) is 0 Å². The van der Waals surface area contributed by atoms with E-state index in [4.69, 9.17) is 0 Å². The molecule has 2 rings (SSSR count). The molecule has 2 aromatic carbocycles. The van der Waals surface area contributed by atoms with Crippen LogP contribution in [0.4, 0.5) is 11.4 Å². The largest absolute Gasteiger partial charge is 2.00 e. The predicted octanol–water partition coefficient (Wildman–Crippen LogP) is 2.23. The van der Waals surface area contributed by atoms with Gasteiger partial charge >= 0.3 is 48.9 Å². The van der Waals surface area contributed by atoms with Crippen LogP contribution in [0.25, 0.3) is 0 Å². The van der Waals surface area contributed by atoms with Crippen molar-refractivity contribution in [1.29, 1.82) is 0 Å². The zero-order valence-corrected chi connectivity index (χ0v) is 24.0. The van der Waals surface area contributed by atoms with Crippen molar-refractivity contribution >= 4 is 100 Å². The molecule has 0 radical (unpaired) electrons. The number of anilines is 2. The van der Waals surface area contributed by atoms with Gasteiger partial charge in [-0.05, 0) is 70.1 Å². The maximum absolute atomic E-state index is 10.4. The van der Waals surface area contributed by atoms with E-state index < -0.39 is 18.3 Å². The molecule has 0 spiro atoms. The second-order valence-corrected chi connectivity index (χ2v) is 12.1. The summed E-state index contributed by atoms with van der Waals surface area (Å²) in [5.74, 6) is 0. The van der Waals surface area contributed by atoms with E-state index in [2.05, 4.69) is 0 Å². The van der Waals surface area contributed by atoms with Crippen molar-refractivity contribution in [3.8, 4) is 0 Å². The number of hydrogen-bond donors (Lipinski definition) is 0. The molecule has 0 heterocycles. The van der Waals surface area contributed by atoms with Crippen LogP contribution in [0.2, 0.25) is 0 Å². The fourth-order valence-electron chi connectivity index (χ4n) is 1.84. The van der Waals surface area contributed by atoms with Crippen LogP contribution in [0, 0.1) is 0 Å². The van der Waals surface area contributed by atoms with Gasteiger partial charge in [0.2, 0.25) is 0 Å². The van der Waals surface area contributed by atoms with E-state index >= 15 is 0 Å². The first kappa shape index (κ1) is 29.1. The first-order valence-corrected chi connectivity index (χ1v) is 13.1. The monoisotopic (exact) mass is 602 g/mol. The zero-order chi connectivity index (χ0) is 21.5. The van der Waals surface area contributed by atoms with E-state index in [1.54, 1.807) is 48.5 Å². The second-order valence-electron chi connectivity index (χ2n) is 5.76. The van der Waals surface area contributed by atoms with Crippen molar-refractivity contribution < 1.29 is 25.9 Å². The van der Waals surface area contributed by atoms with Gasteiger partial charge in [-0.1, -0.05) is 0 Å². The number of rotatable bonds is 6. The molecule has 0 saturated heterocycles. The molecule has 0 aliphatic carbocycles. The summed E-state index contributed by atoms with van der Waals surface area (Å²) in [6.07, 6.45) is 0. The minimum absolute atomic E-state index is 0. The Labute approximate surface area is 219 Å². The smallest absolute Gasteiger partial charge is 0.739 e. The Balaban J connectivity index is 0.000000523. The Hall–Kier alpha value is 0.131. The molecule has 8 nitrogen and oxygen atoms in total. The third-order valence-electron chi connectivity index (χ3n) is 3.10. The summed E-state index contributed by atoms with van der Waals surface area (Å²) in [5, 5.41) is 0. The fraction of sp³-hybridized carbons (Fsp3) is 0.250. The van der Waals surface area contributed by atoms with Gasteiger partial charge in [0.05, 0.1) is 0 Å². The Bertz CT molecular complexity index is 882. The summed E-state index contributed by atoms with van der Waals surface area (Å²) < 4.78 is 62.5. The number of hydrogen-bond acceptors (Lipinski definition) is 10. The third kappa shape index (κ3) is 13.2. The SMILES string of the molecule is CN(C)c1ccc(SS(=O)(=O)[O-])cc1.CN(C)c1ccc(SS(=O)(=O)[O-])cc1.[Ba+2]. The summed E-state index contributed by atoms with van der Waals surface area (Å²) in [7, 11) is -0.350. The summed E-state index contributed by atoms with van der Waals surface area (Å²) in [5.41, 5.74) is 1.91. The average Bonchev–Trinajstić information content (AvgIpc) is 2.53. The Kier molecular flexibility index (Phi) is 12.9. The van der Waals surface area contributed by atoms with Gasteiger partial charge in [-0.15, -0.1) is 0 Å². The molecule has 0 aliphatic rings. The van der Waals surface area contributed by atoms with E-state index in [1.807, 2.05) is 38.0 Å². The molecule has 0 aliphatic heterocycles. The van der Waals surface area contributed by atoms with Crippen LogP contribution in [0.5, 0.6) is 0 Å². The van der Waals surface area contributed by atoms with Crippen molar-refractivity contribution in [1.82, 2.24) is 0 Å². The number of benzene rings is 2. The van der Waals surface area contributed by atoms with Crippen LogP contribution in [0.15, 0.2) is 58.3 Å². The molecule has 0 N–H and O–H groups in total. The minimum atomic E-state index is -4.26. The maximum Gasteiger partial charge on any atom is 2.00 e. The van der Waals surface area contributed by atoms with Crippen LogP contribution in [0.1, 0.15) is 0 Å². The Morgan fingerprint density at radius 2 is 0.862 bits per heavy atom. The van der Waals surface area contributed by atoms with E-state index in [-0.39, 0.29) is 48.9 Å². The topological polar surface area (TPSA) is 121 Å². The van der Waals surface area contributed by atoms with E-state index in [9.17, 15) is 25.9 Å². The van der Waals surface area contributed by atoms with Crippen molar-refractivity contribution in [2.75, 3.05) is 38.0 Å². The van der Waals surface area contributed by atoms with E-state index in [0.717, 1.165) is 11.4 Å². The van der Waals surface area contributed by atoms with Crippen LogP contribution in [-0.4, -0.2) is 103 Å². The molecule has 13 heteroatoms. The number of nitrogens with zero attached hydrogens (tertiary/aromatic N) is 2. The summed E-state index contributed by atoms with van der Waals surface area (Å²) in [4.78, 5) is 4.65. The Morgan fingerprint density at radius 3 is 1.03 bits per heavy atom. The van der Waals surface area contributed by atoms with Crippen LogP contribution in [0.3, 0.4) is 0 Å². The van der Waals surface area contributed by atoms with Crippen molar-refractivity contribution in [3.05, 3.63) is 48.5 Å². The summed E-state index contributed by atoms with van der Waals surface area (Å²) in [6, 6.07) is 13.5. The quantitative estimate of drug-likeness (QED) is 0.277. The third-order valence-corrected chi connectivity index (χ3v) is 6.82. The molecule has 0 fully saturated rings. The van der Waals surface area contributed by atoms with Gasteiger partial charge in [-0.3, -0.25) is 0 Å². The molecule has 0 saturated carbocycles. The average molecular weight is 602 g/mol. The molecule has 0 aromatic heterocycles. The van der Waals surface area contributed by atoms with Gasteiger partial charge in [0.1, 0.15) is 0 Å². The van der Waals surface area contributed by atoms with Crippen LogP contribution >= 0.6 is 21.6 Å². The van der Waals surface area contributed by atoms with Crippen molar-refractivity contribution in [3.63, 3.8) is 0 Å². The summed E-state index contributed by atoms with van der Waals surface area (Å²) in [6.45, 7) is 0. The van der Waals surface area contributed by atoms with Crippen molar-refractivity contribution in [2.24, 2.45) is 0 Å². The maximum atomic E-state index is 10.4. The standard InChI is InChI=1S/2C8H11NO3S2.Ba/c2*1-9(2)7-3-5-8(6-4-7)13-14(10,11)12;/h2*3-6H,1-2H3,(H,10,11,12);/q;;+2/p-2. The first-order valence-electron chi connectivity index (χ1n) is 7.62. The predicted molar refractivity (Wildman–Crippen MR) is 118 cm³/mol. The molecule has 0 amide bonds. The van der Waals surface area contributed by atoms with E-state index in [1.165, 1.54) is 0 Å². The zero-order valence-electron chi connectivity index (χ0n) is 16.3. The molecule has 29 heavy (non-hydrogen) atoms. The molecule has 2 aromatic rings. The second kappa shape index (κ2) is 12.9.